The van der Waals surface area contributed by atoms with E-state index >= 15 is 0 Å². The number of carbonyl (C=O) groups is 1. The van der Waals surface area contributed by atoms with Crippen molar-refractivity contribution >= 4 is 17.7 Å². The normalized spacial score (nSPS) is 14.7. The SMILES string of the molecule is Cc1cc(N(C)C)nc(N2CCN(C(=O)c3c(C)nn(C)c3C)CC2)n1. The summed E-state index contributed by atoms with van der Waals surface area (Å²) in [5, 5.41) is 4.36. The van der Waals surface area contributed by atoms with Crippen LogP contribution in [-0.2, 0) is 7.05 Å². The second-order valence-electron chi connectivity index (χ2n) is 7.01. The van der Waals surface area contributed by atoms with Gasteiger partial charge in [-0.25, -0.2) is 4.98 Å². The standard InChI is InChI=1S/C18H27N7O/c1-12-11-15(22(4)5)20-18(19-12)25-9-7-24(8-10-25)17(26)16-13(2)21-23(6)14(16)3/h11H,7-10H2,1-6H3. The van der Waals surface area contributed by atoms with E-state index in [0.29, 0.717) is 13.1 Å². The maximum atomic E-state index is 12.9. The average molecular weight is 357 g/mol. The third-order valence-electron chi connectivity index (χ3n) is 4.86. The Balaban J connectivity index is 1.72. The van der Waals surface area contributed by atoms with Crippen LogP contribution in [0.4, 0.5) is 11.8 Å². The number of anilines is 2. The molecule has 0 aliphatic carbocycles. The van der Waals surface area contributed by atoms with Crippen LogP contribution in [0.1, 0.15) is 27.4 Å². The van der Waals surface area contributed by atoms with Gasteiger partial charge in [-0.3, -0.25) is 9.48 Å². The fraction of sp³-hybridized carbons (Fsp3) is 0.556. The molecule has 1 aliphatic heterocycles. The summed E-state index contributed by atoms with van der Waals surface area (Å²) in [5.74, 6) is 1.69. The van der Waals surface area contributed by atoms with Gasteiger partial charge in [0.05, 0.1) is 11.3 Å². The molecule has 140 valence electrons. The lowest BCUT2D eigenvalue weighted by molar-refractivity contribution is 0.0744. The predicted octanol–water partition coefficient (Wildman–Crippen LogP) is 1.16. The second kappa shape index (κ2) is 6.93. The minimum absolute atomic E-state index is 0.0619. The third-order valence-corrected chi connectivity index (χ3v) is 4.86. The van der Waals surface area contributed by atoms with Gasteiger partial charge in [-0.2, -0.15) is 10.1 Å². The van der Waals surface area contributed by atoms with Gasteiger partial charge in [-0.15, -0.1) is 0 Å². The number of aromatic nitrogens is 4. The van der Waals surface area contributed by atoms with E-state index in [1.165, 1.54) is 0 Å². The summed E-state index contributed by atoms with van der Waals surface area (Å²) in [6.45, 7) is 8.56. The van der Waals surface area contributed by atoms with E-state index in [0.717, 1.165) is 47.5 Å². The van der Waals surface area contributed by atoms with Crippen LogP contribution in [-0.4, -0.2) is 70.8 Å². The van der Waals surface area contributed by atoms with Crippen molar-refractivity contribution in [1.29, 1.82) is 0 Å². The highest BCUT2D eigenvalue weighted by atomic mass is 16.2. The van der Waals surface area contributed by atoms with Crippen molar-refractivity contribution < 1.29 is 4.79 Å². The van der Waals surface area contributed by atoms with Gasteiger partial charge in [-0.05, 0) is 20.8 Å². The highest BCUT2D eigenvalue weighted by molar-refractivity contribution is 5.96. The van der Waals surface area contributed by atoms with Gasteiger partial charge in [-0.1, -0.05) is 0 Å². The van der Waals surface area contributed by atoms with Gasteiger partial charge in [0.15, 0.2) is 0 Å². The second-order valence-corrected chi connectivity index (χ2v) is 7.01. The number of hydrogen-bond acceptors (Lipinski definition) is 6. The summed E-state index contributed by atoms with van der Waals surface area (Å²) in [6.07, 6.45) is 0. The molecule has 2 aromatic heterocycles. The van der Waals surface area contributed by atoms with E-state index in [-0.39, 0.29) is 5.91 Å². The molecule has 1 aliphatic rings. The van der Waals surface area contributed by atoms with Crippen molar-refractivity contribution in [3.05, 3.63) is 28.7 Å². The smallest absolute Gasteiger partial charge is 0.257 e. The molecule has 1 amide bonds. The van der Waals surface area contributed by atoms with Crippen LogP contribution in [0.2, 0.25) is 0 Å². The molecule has 0 spiro atoms. The summed E-state index contributed by atoms with van der Waals surface area (Å²) in [7, 11) is 5.82. The fourth-order valence-electron chi connectivity index (χ4n) is 3.26. The Morgan fingerprint density at radius 3 is 2.27 bits per heavy atom. The van der Waals surface area contributed by atoms with Gasteiger partial charge >= 0.3 is 0 Å². The summed E-state index contributed by atoms with van der Waals surface area (Å²) < 4.78 is 1.77. The molecule has 3 rings (SSSR count). The van der Waals surface area contributed by atoms with Gasteiger partial charge in [0.25, 0.3) is 5.91 Å². The summed E-state index contributed by atoms with van der Waals surface area (Å²) >= 11 is 0. The zero-order chi connectivity index (χ0) is 19.0. The molecule has 0 aromatic carbocycles. The lowest BCUT2D eigenvalue weighted by Crippen LogP contribution is -2.49. The van der Waals surface area contributed by atoms with E-state index in [4.69, 9.17) is 0 Å². The summed E-state index contributed by atoms with van der Waals surface area (Å²) in [6, 6.07) is 1.97. The van der Waals surface area contributed by atoms with Crippen LogP contribution >= 0.6 is 0 Å². The van der Waals surface area contributed by atoms with E-state index in [1.807, 2.05) is 57.8 Å². The number of rotatable bonds is 3. The lowest BCUT2D eigenvalue weighted by Gasteiger charge is -2.35. The van der Waals surface area contributed by atoms with Crippen LogP contribution in [0.25, 0.3) is 0 Å². The fourth-order valence-corrected chi connectivity index (χ4v) is 3.26. The quantitative estimate of drug-likeness (QED) is 0.821. The molecule has 3 heterocycles. The first-order valence-electron chi connectivity index (χ1n) is 8.85. The van der Waals surface area contributed by atoms with Crippen LogP contribution in [0.3, 0.4) is 0 Å². The van der Waals surface area contributed by atoms with Crippen LogP contribution < -0.4 is 9.80 Å². The lowest BCUT2D eigenvalue weighted by atomic mass is 10.1. The number of hydrogen-bond donors (Lipinski definition) is 0. The molecule has 0 saturated carbocycles. The van der Waals surface area contributed by atoms with Crippen molar-refractivity contribution in [2.24, 2.45) is 7.05 Å². The monoisotopic (exact) mass is 357 g/mol. The van der Waals surface area contributed by atoms with E-state index in [1.54, 1.807) is 4.68 Å². The van der Waals surface area contributed by atoms with Gasteiger partial charge in [0.2, 0.25) is 5.95 Å². The maximum Gasteiger partial charge on any atom is 0.257 e. The minimum atomic E-state index is 0.0619. The summed E-state index contributed by atoms with van der Waals surface area (Å²) in [5.41, 5.74) is 3.36. The zero-order valence-corrected chi connectivity index (χ0v) is 16.4. The first-order valence-corrected chi connectivity index (χ1v) is 8.85. The molecule has 0 N–H and O–H groups in total. The molecule has 0 unspecified atom stereocenters. The molecule has 0 atom stereocenters. The Kier molecular flexibility index (Phi) is 4.84. The Labute approximate surface area is 154 Å². The zero-order valence-electron chi connectivity index (χ0n) is 16.4. The predicted molar refractivity (Wildman–Crippen MR) is 102 cm³/mol. The molecule has 8 nitrogen and oxygen atoms in total. The van der Waals surface area contributed by atoms with Crippen LogP contribution in [0.15, 0.2) is 6.07 Å². The van der Waals surface area contributed by atoms with E-state index in [9.17, 15) is 4.79 Å². The molecule has 26 heavy (non-hydrogen) atoms. The van der Waals surface area contributed by atoms with Crippen molar-refractivity contribution in [1.82, 2.24) is 24.6 Å². The van der Waals surface area contributed by atoms with Crippen molar-refractivity contribution in [2.75, 3.05) is 50.1 Å². The molecular formula is C18H27N7O. The minimum Gasteiger partial charge on any atom is -0.363 e. The first kappa shape index (κ1) is 18.2. The van der Waals surface area contributed by atoms with Gasteiger partial charge in [0, 0.05) is 64.8 Å². The van der Waals surface area contributed by atoms with Crippen LogP contribution in [0, 0.1) is 20.8 Å². The largest absolute Gasteiger partial charge is 0.363 e. The highest BCUT2D eigenvalue weighted by Crippen LogP contribution is 2.20. The molecular weight excluding hydrogens is 330 g/mol. The van der Waals surface area contributed by atoms with Crippen molar-refractivity contribution in [2.45, 2.75) is 20.8 Å². The van der Waals surface area contributed by atoms with Gasteiger partial charge in [0.1, 0.15) is 5.82 Å². The van der Waals surface area contributed by atoms with Crippen LogP contribution in [0.5, 0.6) is 0 Å². The Morgan fingerprint density at radius 1 is 1.08 bits per heavy atom. The van der Waals surface area contributed by atoms with E-state index in [2.05, 4.69) is 20.0 Å². The van der Waals surface area contributed by atoms with E-state index < -0.39 is 0 Å². The number of amides is 1. The molecule has 8 heteroatoms. The van der Waals surface area contributed by atoms with Crippen molar-refractivity contribution in [3.63, 3.8) is 0 Å². The number of piperazine rings is 1. The number of carbonyl (C=O) groups excluding carboxylic acids is 1. The Bertz CT molecular complexity index is 819. The third kappa shape index (κ3) is 3.36. The molecule has 0 bridgehead atoms. The highest BCUT2D eigenvalue weighted by Gasteiger charge is 2.27. The Hall–Kier alpha value is -2.64. The Morgan fingerprint density at radius 2 is 1.73 bits per heavy atom. The van der Waals surface area contributed by atoms with Gasteiger partial charge < -0.3 is 14.7 Å². The first-order chi connectivity index (χ1) is 12.3. The maximum absolute atomic E-state index is 12.9. The van der Waals surface area contributed by atoms with Crippen molar-refractivity contribution in [3.8, 4) is 0 Å². The molecule has 0 radical (unpaired) electrons. The number of nitrogens with zero attached hydrogens (tertiary/aromatic N) is 7. The molecule has 1 saturated heterocycles. The number of aryl methyl sites for hydroxylation is 3. The summed E-state index contributed by atoms with van der Waals surface area (Å²) in [4.78, 5) is 28.1. The molecule has 2 aromatic rings. The average Bonchev–Trinajstić information content (AvgIpc) is 2.86. The molecule has 1 fully saturated rings. The topological polar surface area (TPSA) is 70.4 Å².